The highest BCUT2D eigenvalue weighted by Crippen LogP contribution is 2.53. The quantitative estimate of drug-likeness (QED) is 0.690. The van der Waals surface area contributed by atoms with Gasteiger partial charge >= 0.3 is 0 Å². The summed E-state index contributed by atoms with van der Waals surface area (Å²) in [6.45, 7) is 8.50. The minimum atomic E-state index is -0.658. The van der Waals surface area contributed by atoms with E-state index in [1.807, 2.05) is 6.92 Å². The van der Waals surface area contributed by atoms with Crippen LogP contribution in [0.5, 0.6) is 0 Å². The van der Waals surface area contributed by atoms with Crippen molar-refractivity contribution < 1.29 is 10.2 Å². The van der Waals surface area contributed by atoms with Crippen molar-refractivity contribution in [1.29, 1.82) is 0 Å². The maximum atomic E-state index is 10.6. The van der Waals surface area contributed by atoms with Gasteiger partial charge in [0.2, 0.25) is 0 Å². The summed E-state index contributed by atoms with van der Waals surface area (Å²) in [6, 6.07) is 0. The minimum Gasteiger partial charge on any atom is -0.393 e. The Kier molecular flexibility index (Phi) is 3.16. The van der Waals surface area contributed by atoms with Gasteiger partial charge < -0.3 is 10.2 Å². The van der Waals surface area contributed by atoms with Gasteiger partial charge in [-0.2, -0.15) is 0 Å². The van der Waals surface area contributed by atoms with Crippen molar-refractivity contribution in [2.45, 2.75) is 65.1 Å². The zero-order valence-corrected chi connectivity index (χ0v) is 11.5. The van der Waals surface area contributed by atoms with E-state index in [0.717, 1.165) is 19.3 Å². The fourth-order valence-corrected chi connectivity index (χ4v) is 3.72. The van der Waals surface area contributed by atoms with Crippen molar-refractivity contribution in [2.24, 2.45) is 17.3 Å². The first kappa shape index (κ1) is 13.1. The highest BCUT2D eigenvalue weighted by atomic mass is 16.3. The van der Waals surface area contributed by atoms with E-state index in [2.05, 4.69) is 26.8 Å². The topological polar surface area (TPSA) is 40.5 Å². The van der Waals surface area contributed by atoms with Crippen LogP contribution in [0.1, 0.15) is 53.4 Å². The van der Waals surface area contributed by atoms with Gasteiger partial charge in [-0.05, 0) is 38.5 Å². The van der Waals surface area contributed by atoms with E-state index in [0.29, 0.717) is 12.3 Å². The summed E-state index contributed by atoms with van der Waals surface area (Å²) in [5, 5.41) is 20.9. The Morgan fingerprint density at radius 1 is 1.29 bits per heavy atom. The van der Waals surface area contributed by atoms with Gasteiger partial charge in [0.25, 0.3) is 0 Å². The van der Waals surface area contributed by atoms with Gasteiger partial charge in [0, 0.05) is 11.3 Å². The lowest BCUT2D eigenvalue weighted by Gasteiger charge is -2.54. The fourth-order valence-electron chi connectivity index (χ4n) is 3.72. The molecule has 0 amide bonds. The second-order valence-electron chi connectivity index (χ2n) is 6.79. The molecule has 2 aliphatic rings. The zero-order valence-electron chi connectivity index (χ0n) is 11.5. The Labute approximate surface area is 105 Å². The molecule has 0 heterocycles. The summed E-state index contributed by atoms with van der Waals surface area (Å²) in [4.78, 5) is 0. The number of fused-ring (bicyclic) bond motifs is 1. The van der Waals surface area contributed by atoms with Gasteiger partial charge in [0.15, 0.2) is 0 Å². The molecule has 2 N–H and O–H groups in total. The summed E-state index contributed by atoms with van der Waals surface area (Å²) in [5.41, 5.74) is 0.649. The van der Waals surface area contributed by atoms with Crippen molar-refractivity contribution in [3.05, 3.63) is 11.6 Å². The predicted octanol–water partition coefficient (Wildman–Crippen LogP) is 2.89. The van der Waals surface area contributed by atoms with Crippen LogP contribution in [0, 0.1) is 17.3 Å². The fraction of sp³-hybridized carbons (Fsp3) is 0.867. The van der Waals surface area contributed by atoms with Crippen LogP contribution >= 0.6 is 0 Å². The Morgan fingerprint density at radius 2 is 1.94 bits per heavy atom. The molecule has 0 radical (unpaired) electrons. The van der Waals surface area contributed by atoms with Crippen LogP contribution in [-0.4, -0.2) is 21.9 Å². The lowest BCUT2D eigenvalue weighted by atomic mass is 9.55. The van der Waals surface area contributed by atoms with E-state index < -0.39 is 5.60 Å². The summed E-state index contributed by atoms with van der Waals surface area (Å²) < 4.78 is 0. The van der Waals surface area contributed by atoms with E-state index in [-0.39, 0.29) is 17.4 Å². The zero-order chi connectivity index (χ0) is 12.8. The van der Waals surface area contributed by atoms with E-state index in [1.165, 1.54) is 5.57 Å². The molecule has 1 saturated carbocycles. The molecule has 2 rings (SSSR count). The Balaban J connectivity index is 2.38. The molecular weight excluding hydrogens is 212 g/mol. The van der Waals surface area contributed by atoms with E-state index in [4.69, 9.17) is 0 Å². The maximum absolute atomic E-state index is 10.6. The van der Waals surface area contributed by atoms with Crippen LogP contribution in [-0.2, 0) is 0 Å². The molecule has 4 atom stereocenters. The summed E-state index contributed by atoms with van der Waals surface area (Å²) >= 11 is 0. The highest BCUT2D eigenvalue weighted by Gasteiger charge is 2.52. The molecule has 0 spiro atoms. The number of rotatable bonds is 1. The van der Waals surface area contributed by atoms with Gasteiger partial charge in [-0.1, -0.05) is 32.4 Å². The molecule has 0 aromatic heterocycles. The van der Waals surface area contributed by atoms with Crippen LogP contribution in [0.2, 0.25) is 0 Å². The van der Waals surface area contributed by atoms with Crippen LogP contribution in [0.3, 0.4) is 0 Å². The van der Waals surface area contributed by atoms with Crippen molar-refractivity contribution in [1.82, 2.24) is 0 Å². The Morgan fingerprint density at radius 3 is 2.53 bits per heavy atom. The molecular formula is C15H26O2. The van der Waals surface area contributed by atoms with Crippen LogP contribution in [0.15, 0.2) is 11.6 Å². The molecule has 2 heteroatoms. The van der Waals surface area contributed by atoms with Crippen molar-refractivity contribution >= 4 is 0 Å². The summed E-state index contributed by atoms with van der Waals surface area (Å²) in [5.74, 6) is 0.652. The number of aliphatic hydroxyl groups is 2. The monoisotopic (exact) mass is 238 g/mol. The molecule has 98 valence electrons. The first-order chi connectivity index (χ1) is 7.77. The molecule has 1 fully saturated rings. The summed E-state index contributed by atoms with van der Waals surface area (Å²) in [6.07, 6.45) is 5.49. The van der Waals surface area contributed by atoms with Crippen LogP contribution < -0.4 is 0 Å². The number of hydrogen-bond acceptors (Lipinski definition) is 2. The number of allylic oxidation sites excluding steroid dienone is 1. The minimum absolute atomic E-state index is 0.102. The average Bonchev–Trinajstić information content (AvgIpc) is 2.24. The Bertz CT molecular complexity index is 330. The van der Waals surface area contributed by atoms with Crippen molar-refractivity contribution in [3.63, 3.8) is 0 Å². The van der Waals surface area contributed by atoms with Gasteiger partial charge in [-0.15, -0.1) is 0 Å². The normalized spacial score (nSPS) is 46.6. The van der Waals surface area contributed by atoms with E-state index in [1.54, 1.807) is 0 Å². The predicted molar refractivity (Wildman–Crippen MR) is 69.6 cm³/mol. The number of aliphatic hydroxyl groups excluding tert-OH is 1. The first-order valence-electron chi connectivity index (χ1n) is 6.88. The second-order valence-corrected chi connectivity index (χ2v) is 6.79. The SMILES string of the molecule is CC(C)C1=CC2[C@@](C)(O)CC[C@@H](O)[C@]2(C)CC1. The molecule has 0 saturated heterocycles. The van der Waals surface area contributed by atoms with Crippen LogP contribution in [0.25, 0.3) is 0 Å². The van der Waals surface area contributed by atoms with E-state index >= 15 is 0 Å². The third kappa shape index (κ3) is 2.06. The van der Waals surface area contributed by atoms with Crippen LogP contribution in [0.4, 0.5) is 0 Å². The van der Waals surface area contributed by atoms with Gasteiger partial charge in [0.1, 0.15) is 0 Å². The molecule has 0 aromatic rings. The third-order valence-electron chi connectivity index (χ3n) is 5.14. The Hall–Kier alpha value is -0.340. The molecule has 2 aliphatic carbocycles. The highest BCUT2D eigenvalue weighted by molar-refractivity contribution is 5.21. The van der Waals surface area contributed by atoms with Crippen molar-refractivity contribution in [3.8, 4) is 0 Å². The molecule has 0 aromatic carbocycles. The molecule has 0 aliphatic heterocycles. The van der Waals surface area contributed by atoms with Gasteiger partial charge in [-0.25, -0.2) is 0 Å². The third-order valence-corrected chi connectivity index (χ3v) is 5.14. The largest absolute Gasteiger partial charge is 0.393 e. The van der Waals surface area contributed by atoms with E-state index in [9.17, 15) is 10.2 Å². The molecule has 2 nitrogen and oxygen atoms in total. The smallest absolute Gasteiger partial charge is 0.0689 e. The average molecular weight is 238 g/mol. The van der Waals surface area contributed by atoms with Gasteiger partial charge in [-0.3, -0.25) is 0 Å². The lowest BCUT2D eigenvalue weighted by Crippen LogP contribution is -2.55. The second kappa shape index (κ2) is 4.10. The lowest BCUT2D eigenvalue weighted by molar-refractivity contribution is -0.138. The standard InChI is InChI=1S/C15H26O2/c1-10(2)11-5-7-14(3)12(9-11)15(4,17)8-6-13(14)16/h9-10,12-13,16-17H,5-8H2,1-4H3/t12?,13-,14-,15+/m1/s1. The summed E-state index contributed by atoms with van der Waals surface area (Å²) in [7, 11) is 0. The first-order valence-corrected chi connectivity index (χ1v) is 6.88. The molecule has 17 heavy (non-hydrogen) atoms. The number of hydrogen-bond donors (Lipinski definition) is 2. The maximum Gasteiger partial charge on any atom is 0.0689 e. The van der Waals surface area contributed by atoms with Crippen molar-refractivity contribution in [2.75, 3.05) is 0 Å². The molecule has 1 unspecified atom stereocenters. The molecule has 0 bridgehead atoms. The van der Waals surface area contributed by atoms with Gasteiger partial charge in [0.05, 0.1) is 11.7 Å².